The molecule has 84 valence electrons. The van der Waals surface area contributed by atoms with E-state index in [-0.39, 0.29) is 0 Å². The van der Waals surface area contributed by atoms with Crippen LogP contribution in [0.5, 0.6) is 0 Å². The highest BCUT2D eigenvalue weighted by Gasteiger charge is 2.22. The molecule has 1 atom stereocenters. The first kappa shape index (κ1) is 12.3. The highest BCUT2D eigenvalue weighted by molar-refractivity contribution is 5.81. The molecular weight excluding hydrogens is 202 g/mol. The van der Waals surface area contributed by atoms with Crippen LogP contribution >= 0.6 is 0 Å². The molecule has 0 N–H and O–H groups in total. The number of ether oxygens (including phenoxy) is 1. The maximum Gasteiger partial charge on any atom is 0.327 e. The second-order valence-corrected chi connectivity index (χ2v) is 3.67. The lowest BCUT2D eigenvalue weighted by molar-refractivity contribution is -0.143. The van der Waals surface area contributed by atoms with E-state index in [0.29, 0.717) is 6.61 Å². The molecule has 0 aliphatic heterocycles. The van der Waals surface area contributed by atoms with Crippen LogP contribution in [0.1, 0.15) is 29.5 Å². The Bertz CT molecular complexity index is 432. The van der Waals surface area contributed by atoms with Crippen LogP contribution in [0, 0.1) is 25.2 Å². The van der Waals surface area contributed by atoms with Crippen molar-refractivity contribution in [3.8, 4) is 6.07 Å². The first-order valence-corrected chi connectivity index (χ1v) is 5.23. The van der Waals surface area contributed by atoms with Crippen molar-refractivity contribution in [1.29, 1.82) is 5.26 Å². The van der Waals surface area contributed by atoms with E-state index in [0.717, 1.165) is 16.7 Å². The lowest BCUT2D eigenvalue weighted by Crippen LogP contribution is -2.15. The van der Waals surface area contributed by atoms with Gasteiger partial charge in [-0.15, -0.1) is 0 Å². The quantitative estimate of drug-likeness (QED) is 0.731. The van der Waals surface area contributed by atoms with E-state index in [1.165, 1.54) is 0 Å². The van der Waals surface area contributed by atoms with E-state index in [9.17, 15) is 4.79 Å². The molecule has 0 aliphatic rings. The Morgan fingerprint density at radius 2 is 2.19 bits per heavy atom. The monoisotopic (exact) mass is 217 g/mol. The van der Waals surface area contributed by atoms with Crippen molar-refractivity contribution < 1.29 is 9.53 Å². The number of benzene rings is 1. The number of hydrogen-bond donors (Lipinski definition) is 0. The normalized spacial score (nSPS) is 11.6. The van der Waals surface area contributed by atoms with Crippen LogP contribution in [0.15, 0.2) is 18.2 Å². The summed E-state index contributed by atoms with van der Waals surface area (Å²) >= 11 is 0. The summed E-state index contributed by atoms with van der Waals surface area (Å²) in [5.41, 5.74) is 2.79. The van der Waals surface area contributed by atoms with Crippen molar-refractivity contribution in [2.75, 3.05) is 6.61 Å². The number of carbonyl (C=O) groups is 1. The zero-order chi connectivity index (χ0) is 12.1. The van der Waals surface area contributed by atoms with E-state index < -0.39 is 11.9 Å². The lowest BCUT2D eigenvalue weighted by Gasteiger charge is -2.11. The fraction of sp³-hybridized carbons (Fsp3) is 0.385. The smallest absolute Gasteiger partial charge is 0.327 e. The van der Waals surface area contributed by atoms with Gasteiger partial charge in [0.25, 0.3) is 0 Å². The Labute approximate surface area is 95.7 Å². The Balaban J connectivity index is 3.05. The van der Waals surface area contributed by atoms with Gasteiger partial charge in [-0.25, -0.2) is 0 Å². The molecule has 3 heteroatoms. The number of rotatable bonds is 3. The summed E-state index contributed by atoms with van der Waals surface area (Å²) in [6.07, 6.45) is 0. The van der Waals surface area contributed by atoms with Crippen LogP contribution < -0.4 is 0 Å². The van der Waals surface area contributed by atoms with E-state index in [2.05, 4.69) is 0 Å². The Hall–Kier alpha value is -1.82. The molecule has 0 saturated carbocycles. The fourth-order valence-electron chi connectivity index (χ4n) is 1.62. The first-order chi connectivity index (χ1) is 7.60. The third-order valence-corrected chi connectivity index (χ3v) is 2.39. The SMILES string of the molecule is CCOC(=O)C(C#N)c1ccc(C)cc1C. The number of aryl methyl sites for hydroxylation is 2. The molecule has 0 bridgehead atoms. The minimum atomic E-state index is -0.819. The number of esters is 1. The van der Waals surface area contributed by atoms with Crippen LogP contribution in [-0.4, -0.2) is 12.6 Å². The van der Waals surface area contributed by atoms with Gasteiger partial charge in [0, 0.05) is 0 Å². The van der Waals surface area contributed by atoms with Gasteiger partial charge in [-0.3, -0.25) is 4.79 Å². The fourth-order valence-corrected chi connectivity index (χ4v) is 1.62. The number of nitriles is 1. The molecule has 3 nitrogen and oxygen atoms in total. The number of carbonyl (C=O) groups excluding carboxylic acids is 1. The largest absolute Gasteiger partial charge is 0.465 e. The van der Waals surface area contributed by atoms with Crippen LogP contribution in [0.2, 0.25) is 0 Å². The summed E-state index contributed by atoms with van der Waals surface area (Å²) < 4.78 is 4.87. The van der Waals surface area contributed by atoms with Crippen LogP contribution in [0.25, 0.3) is 0 Å². The minimum absolute atomic E-state index is 0.294. The molecule has 16 heavy (non-hydrogen) atoms. The van der Waals surface area contributed by atoms with Crippen molar-refractivity contribution in [3.63, 3.8) is 0 Å². The average Bonchev–Trinajstić information content (AvgIpc) is 2.22. The highest BCUT2D eigenvalue weighted by Crippen LogP contribution is 2.21. The summed E-state index contributed by atoms with van der Waals surface area (Å²) in [5.74, 6) is -1.29. The van der Waals surface area contributed by atoms with Gasteiger partial charge in [-0.05, 0) is 31.9 Å². The molecule has 1 rings (SSSR count). The topological polar surface area (TPSA) is 50.1 Å². The van der Waals surface area contributed by atoms with Gasteiger partial charge in [0.05, 0.1) is 12.7 Å². The zero-order valence-corrected chi connectivity index (χ0v) is 9.78. The molecule has 0 amide bonds. The van der Waals surface area contributed by atoms with Gasteiger partial charge in [-0.1, -0.05) is 23.8 Å². The van der Waals surface area contributed by atoms with Crippen LogP contribution in [-0.2, 0) is 9.53 Å². The van der Waals surface area contributed by atoms with Gasteiger partial charge in [-0.2, -0.15) is 5.26 Å². The number of nitrogens with zero attached hydrogens (tertiary/aromatic N) is 1. The van der Waals surface area contributed by atoms with Crippen molar-refractivity contribution in [1.82, 2.24) is 0 Å². The Morgan fingerprint density at radius 1 is 1.50 bits per heavy atom. The second-order valence-electron chi connectivity index (χ2n) is 3.67. The molecule has 1 unspecified atom stereocenters. The summed E-state index contributed by atoms with van der Waals surface area (Å²) in [6.45, 7) is 5.89. The molecule has 0 spiro atoms. The molecule has 0 fully saturated rings. The summed E-state index contributed by atoms with van der Waals surface area (Å²) in [4.78, 5) is 11.6. The summed E-state index contributed by atoms with van der Waals surface area (Å²) in [6, 6.07) is 7.66. The number of hydrogen-bond acceptors (Lipinski definition) is 3. The maximum atomic E-state index is 11.6. The summed E-state index contributed by atoms with van der Waals surface area (Å²) in [7, 11) is 0. The third-order valence-electron chi connectivity index (χ3n) is 2.39. The predicted octanol–water partition coefficient (Wildman–Crippen LogP) is 2.47. The summed E-state index contributed by atoms with van der Waals surface area (Å²) in [5, 5.41) is 9.02. The van der Waals surface area contributed by atoms with E-state index in [1.807, 2.05) is 38.1 Å². The first-order valence-electron chi connectivity index (χ1n) is 5.23. The van der Waals surface area contributed by atoms with Gasteiger partial charge < -0.3 is 4.74 Å². The van der Waals surface area contributed by atoms with Gasteiger partial charge in [0.2, 0.25) is 0 Å². The highest BCUT2D eigenvalue weighted by atomic mass is 16.5. The molecule has 0 saturated heterocycles. The van der Waals surface area contributed by atoms with Gasteiger partial charge in [0.1, 0.15) is 0 Å². The minimum Gasteiger partial charge on any atom is -0.465 e. The molecule has 0 heterocycles. The molecule has 1 aromatic rings. The Morgan fingerprint density at radius 3 is 2.69 bits per heavy atom. The second kappa shape index (κ2) is 5.32. The maximum absolute atomic E-state index is 11.6. The molecule has 0 radical (unpaired) electrons. The zero-order valence-electron chi connectivity index (χ0n) is 9.78. The van der Waals surface area contributed by atoms with Gasteiger partial charge >= 0.3 is 5.97 Å². The average molecular weight is 217 g/mol. The molecule has 0 aromatic heterocycles. The van der Waals surface area contributed by atoms with Crippen molar-refractivity contribution in [2.45, 2.75) is 26.7 Å². The van der Waals surface area contributed by atoms with Crippen LogP contribution in [0.3, 0.4) is 0 Å². The van der Waals surface area contributed by atoms with Gasteiger partial charge in [0.15, 0.2) is 5.92 Å². The molecule has 1 aromatic carbocycles. The van der Waals surface area contributed by atoms with E-state index in [4.69, 9.17) is 10.00 Å². The van der Waals surface area contributed by atoms with E-state index in [1.54, 1.807) is 6.92 Å². The van der Waals surface area contributed by atoms with Crippen LogP contribution in [0.4, 0.5) is 0 Å². The third kappa shape index (κ3) is 2.60. The Kier molecular flexibility index (Phi) is 4.07. The lowest BCUT2D eigenvalue weighted by atomic mass is 9.95. The molecule has 0 aliphatic carbocycles. The predicted molar refractivity (Wildman–Crippen MR) is 60.9 cm³/mol. The standard InChI is InChI=1S/C13H15NO2/c1-4-16-13(15)12(8-14)11-6-5-9(2)7-10(11)3/h5-7,12H,4H2,1-3H3. The van der Waals surface area contributed by atoms with Crippen molar-refractivity contribution in [3.05, 3.63) is 34.9 Å². The van der Waals surface area contributed by atoms with Crippen molar-refractivity contribution >= 4 is 5.97 Å². The van der Waals surface area contributed by atoms with E-state index >= 15 is 0 Å². The molecular formula is C13H15NO2. The van der Waals surface area contributed by atoms with Crippen molar-refractivity contribution in [2.24, 2.45) is 0 Å².